The molecule has 3 aliphatic rings. The number of anilines is 1. The molecule has 0 radical (unpaired) electrons. The number of nitrogens with zero attached hydrogens (tertiary/aromatic N) is 1. The van der Waals surface area contributed by atoms with Gasteiger partial charge in [0.1, 0.15) is 17.2 Å². The molecule has 29 heavy (non-hydrogen) atoms. The Balaban J connectivity index is 1.99. The van der Waals surface area contributed by atoms with Crippen LogP contribution in [0.4, 0.5) is 5.69 Å². The average Bonchev–Trinajstić information content (AvgIpc) is 3.00. The number of nitrogens with two attached hydrogens (primary N) is 1. The predicted octanol–water partition coefficient (Wildman–Crippen LogP) is 2.45. The molecule has 0 saturated heterocycles. The third-order valence-electron chi connectivity index (χ3n) is 5.86. The Morgan fingerprint density at radius 2 is 2.03 bits per heavy atom. The second-order valence-electron chi connectivity index (χ2n) is 7.54. The third kappa shape index (κ3) is 2.60. The Morgan fingerprint density at radius 3 is 2.79 bits per heavy atom. The Kier molecular flexibility index (Phi) is 4.68. The summed E-state index contributed by atoms with van der Waals surface area (Å²) in [6.45, 7) is 2.20. The lowest BCUT2D eigenvalue weighted by molar-refractivity contribution is -0.146. The van der Waals surface area contributed by atoms with Crippen molar-refractivity contribution in [1.29, 1.82) is 0 Å². The third-order valence-corrected chi connectivity index (χ3v) is 5.86. The monoisotopic (exact) mass is 396 g/mol. The summed E-state index contributed by atoms with van der Waals surface area (Å²) in [7, 11) is 1.72. The number of para-hydroxylation sites is 1. The Hall–Kier alpha value is -3.09. The summed E-state index contributed by atoms with van der Waals surface area (Å²) in [5.41, 5.74) is 6.09. The number of carbonyl (C=O) groups excluding carboxylic acids is 3. The minimum Gasteiger partial charge on any atom is -0.462 e. The molecule has 0 aromatic heterocycles. The molecule has 1 spiro atoms. The maximum atomic E-state index is 13.4. The van der Waals surface area contributed by atoms with Gasteiger partial charge in [0.15, 0.2) is 11.2 Å². The zero-order chi connectivity index (χ0) is 20.8. The fraction of sp³-hybridized carbons (Fsp3) is 0.409. The van der Waals surface area contributed by atoms with E-state index in [0.717, 1.165) is 6.42 Å². The molecule has 2 N–H and O–H groups in total. The molecular formula is C22H24N2O5. The Bertz CT molecular complexity index is 977. The normalized spacial score (nSPS) is 23.3. The van der Waals surface area contributed by atoms with Gasteiger partial charge in [0, 0.05) is 31.1 Å². The number of hydrogen-bond donors (Lipinski definition) is 1. The highest BCUT2D eigenvalue weighted by Crippen LogP contribution is 2.55. The lowest BCUT2D eigenvalue weighted by Crippen LogP contribution is -2.49. The summed E-state index contributed by atoms with van der Waals surface area (Å²) in [5, 5.41) is 0. The van der Waals surface area contributed by atoms with Gasteiger partial charge >= 0.3 is 11.9 Å². The van der Waals surface area contributed by atoms with Gasteiger partial charge in [0.2, 0.25) is 0 Å². The Labute approximate surface area is 169 Å². The second-order valence-corrected chi connectivity index (χ2v) is 7.54. The molecule has 0 saturated carbocycles. The van der Waals surface area contributed by atoms with Gasteiger partial charge in [-0.05, 0) is 18.9 Å². The van der Waals surface area contributed by atoms with E-state index in [9.17, 15) is 14.4 Å². The summed E-state index contributed by atoms with van der Waals surface area (Å²) in [6, 6.07) is 7.15. The van der Waals surface area contributed by atoms with Crippen LogP contribution in [-0.4, -0.2) is 31.4 Å². The van der Waals surface area contributed by atoms with E-state index in [1.54, 1.807) is 24.1 Å². The van der Waals surface area contributed by atoms with E-state index in [-0.39, 0.29) is 29.4 Å². The SMILES string of the molecule is CCCCOC(=O)C1=C(N)N(C)c2ccccc2C12C(=O)OC1=C2C(=O)CCC1. The number of fused-ring (bicyclic) bond motifs is 3. The van der Waals surface area contributed by atoms with Gasteiger partial charge in [-0.1, -0.05) is 31.5 Å². The average molecular weight is 396 g/mol. The summed E-state index contributed by atoms with van der Waals surface area (Å²) >= 11 is 0. The smallest absolute Gasteiger partial charge is 0.339 e. The molecule has 4 rings (SSSR count). The minimum atomic E-state index is -1.68. The molecule has 1 aromatic carbocycles. The van der Waals surface area contributed by atoms with Gasteiger partial charge in [-0.25, -0.2) is 9.59 Å². The van der Waals surface area contributed by atoms with E-state index in [1.807, 2.05) is 19.1 Å². The molecule has 1 atom stereocenters. The number of ketones is 1. The fourth-order valence-corrected chi connectivity index (χ4v) is 4.44. The van der Waals surface area contributed by atoms with Crippen molar-refractivity contribution < 1.29 is 23.9 Å². The number of rotatable bonds is 4. The van der Waals surface area contributed by atoms with Crippen LogP contribution in [0.2, 0.25) is 0 Å². The van der Waals surface area contributed by atoms with Crippen LogP contribution in [0.3, 0.4) is 0 Å². The molecule has 7 nitrogen and oxygen atoms in total. The lowest BCUT2D eigenvalue weighted by atomic mass is 9.64. The highest BCUT2D eigenvalue weighted by atomic mass is 16.5. The topological polar surface area (TPSA) is 98.9 Å². The largest absolute Gasteiger partial charge is 0.462 e. The highest BCUT2D eigenvalue weighted by molar-refractivity contribution is 6.17. The molecule has 2 aliphatic heterocycles. The summed E-state index contributed by atoms with van der Waals surface area (Å²) in [5.74, 6) is -1.11. The van der Waals surface area contributed by atoms with Gasteiger partial charge in [0.05, 0.1) is 12.2 Å². The maximum Gasteiger partial charge on any atom is 0.339 e. The maximum absolute atomic E-state index is 13.4. The number of ether oxygens (including phenoxy) is 2. The first-order valence-electron chi connectivity index (χ1n) is 9.94. The van der Waals surface area contributed by atoms with Crippen LogP contribution in [-0.2, 0) is 29.3 Å². The lowest BCUT2D eigenvalue weighted by Gasteiger charge is -2.40. The van der Waals surface area contributed by atoms with Crippen molar-refractivity contribution in [2.24, 2.45) is 5.73 Å². The molecule has 0 amide bonds. The van der Waals surface area contributed by atoms with Crippen molar-refractivity contribution in [2.75, 3.05) is 18.6 Å². The number of hydrogen-bond acceptors (Lipinski definition) is 7. The van der Waals surface area contributed by atoms with Crippen molar-refractivity contribution >= 4 is 23.4 Å². The van der Waals surface area contributed by atoms with Crippen LogP contribution in [0.5, 0.6) is 0 Å². The van der Waals surface area contributed by atoms with E-state index in [1.165, 1.54) is 0 Å². The molecule has 152 valence electrons. The minimum absolute atomic E-state index is 0.0277. The van der Waals surface area contributed by atoms with Gasteiger partial charge in [-0.3, -0.25) is 4.79 Å². The zero-order valence-electron chi connectivity index (χ0n) is 16.6. The number of unbranched alkanes of at least 4 members (excludes halogenated alkanes) is 1. The number of allylic oxidation sites excluding steroid dienone is 1. The van der Waals surface area contributed by atoms with Gasteiger partial charge < -0.3 is 20.1 Å². The van der Waals surface area contributed by atoms with Crippen LogP contribution >= 0.6 is 0 Å². The number of esters is 2. The summed E-state index contributed by atoms with van der Waals surface area (Å²) in [6.07, 6.45) is 2.93. The number of carbonyl (C=O) groups is 3. The summed E-state index contributed by atoms with van der Waals surface area (Å²) < 4.78 is 11.0. The molecule has 1 unspecified atom stereocenters. The first-order chi connectivity index (χ1) is 13.9. The Morgan fingerprint density at radius 1 is 1.28 bits per heavy atom. The molecule has 2 heterocycles. The van der Waals surface area contributed by atoms with Crippen LogP contribution < -0.4 is 10.6 Å². The van der Waals surface area contributed by atoms with E-state index in [0.29, 0.717) is 42.7 Å². The van der Waals surface area contributed by atoms with Gasteiger partial charge in [0.25, 0.3) is 0 Å². The predicted molar refractivity (Wildman–Crippen MR) is 106 cm³/mol. The van der Waals surface area contributed by atoms with E-state index in [4.69, 9.17) is 15.2 Å². The van der Waals surface area contributed by atoms with Crippen molar-refractivity contribution in [1.82, 2.24) is 0 Å². The van der Waals surface area contributed by atoms with Gasteiger partial charge in [-0.2, -0.15) is 0 Å². The summed E-state index contributed by atoms with van der Waals surface area (Å²) in [4.78, 5) is 41.2. The molecule has 7 heteroatoms. The molecular weight excluding hydrogens is 372 g/mol. The number of Topliss-reactive ketones (excluding diaryl/α,β-unsaturated/α-hetero) is 1. The van der Waals surface area contributed by atoms with Crippen molar-refractivity contribution in [3.63, 3.8) is 0 Å². The molecule has 0 fully saturated rings. The van der Waals surface area contributed by atoms with Crippen molar-refractivity contribution in [3.05, 3.63) is 52.6 Å². The van der Waals surface area contributed by atoms with Crippen LogP contribution in [0.25, 0.3) is 0 Å². The first-order valence-corrected chi connectivity index (χ1v) is 9.94. The highest BCUT2D eigenvalue weighted by Gasteiger charge is 2.63. The van der Waals surface area contributed by atoms with Crippen molar-refractivity contribution in [3.8, 4) is 0 Å². The zero-order valence-corrected chi connectivity index (χ0v) is 16.6. The van der Waals surface area contributed by atoms with Crippen LogP contribution in [0.15, 0.2) is 47.0 Å². The first kappa shape index (κ1) is 19.2. The van der Waals surface area contributed by atoms with Gasteiger partial charge in [-0.15, -0.1) is 0 Å². The quantitative estimate of drug-likeness (QED) is 0.616. The van der Waals surface area contributed by atoms with E-state index >= 15 is 0 Å². The number of benzene rings is 1. The molecule has 0 bridgehead atoms. The van der Waals surface area contributed by atoms with E-state index < -0.39 is 17.4 Å². The van der Waals surface area contributed by atoms with E-state index in [2.05, 4.69) is 0 Å². The second kappa shape index (κ2) is 7.06. The molecule has 1 aromatic rings. The molecule has 1 aliphatic carbocycles. The fourth-order valence-electron chi connectivity index (χ4n) is 4.44. The van der Waals surface area contributed by atoms with Crippen molar-refractivity contribution in [2.45, 2.75) is 44.4 Å². The van der Waals surface area contributed by atoms with Crippen LogP contribution in [0, 0.1) is 0 Å². The van der Waals surface area contributed by atoms with Crippen LogP contribution in [0.1, 0.15) is 44.6 Å². The standard InChI is InChI=1S/C22H24N2O5/c1-3-4-12-28-20(26)18-19(23)24(2)14-9-6-5-8-13(14)22(18)17-15(25)10-7-11-16(17)29-21(22)27/h5-6,8-9H,3-4,7,10-12,23H2,1-2H3.